The normalized spacial score (nSPS) is 12.7. The second-order valence-electron chi connectivity index (χ2n) is 9.23. The van der Waals surface area contributed by atoms with E-state index in [9.17, 15) is 5.11 Å². The van der Waals surface area contributed by atoms with Gasteiger partial charge in [-0.1, -0.05) is 5.92 Å². The van der Waals surface area contributed by atoms with Crippen LogP contribution in [-0.4, -0.2) is 74.9 Å². The van der Waals surface area contributed by atoms with E-state index in [0.717, 1.165) is 40.9 Å². The molecule has 0 aliphatic rings. The van der Waals surface area contributed by atoms with Gasteiger partial charge in [0.1, 0.15) is 18.0 Å². The summed E-state index contributed by atoms with van der Waals surface area (Å²) in [5.41, 5.74) is 2.60. The Morgan fingerprint density at radius 3 is 2.62 bits per heavy atom. The van der Waals surface area contributed by atoms with E-state index in [1.807, 2.05) is 29.3 Å². The van der Waals surface area contributed by atoms with Gasteiger partial charge < -0.3 is 19.1 Å². The van der Waals surface area contributed by atoms with Crippen molar-refractivity contribution in [3.05, 3.63) is 36.5 Å². The van der Waals surface area contributed by atoms with E-state index in [1.54, 1.807) is 21.0 Å². The first-order valence-electron chi connectivity index (χ1n) is 10.6. The topological polar surface area (TPSA) is 74.3 Å². The zero-order valence-corrected chi connectivity index (χ0v) is 20.7. The highest BCUT2D eigenvalue weighted by atomic mass is 32.3. The molecule has 0 aliphatic heterocycles. The van der Waals surface area contributed by atoms with Crippen molar-refractivity contribution in [1.29, 1.82) is 0 Å². The average Bonchev–Trinajstić information content (AvgIpc) is 3.31. The molecular formula is C24H34N4O3S. The Bertz CT molecular complexity index is 1110. The lowest BCUT2D eigenvalue weighted by molar-refractivity contribution is 0.0809. The Labute approximate surface area is 192 Å². The molecule has 8 heteroatoms. The van der Waals surface area contributed by atoms with Crippen LogP contribution >= 0.6 is 10.0 Å². The maximum Gasteiger partial charge on any atom is 0.139 e. The number of methoxy groups -OCH3 is 1. The Morgan fingerprint density at radius 2 is 1.94 bits per heavy atom. The molecule has 0 aromatic carbocycles. The summed E-state index contributed by atoms with van der Waals surface area (Å²) in [5, 5.41) is 15.4. The standard InChI is InChI=1S/C24H34N4O3S/c1-24(2,29)8-7-20-13-21-22(17-27(9-10-30-3)23(21)15-25-20)19-14-26-28(16-19)18-31-11-12-32(4,5)6/h13-17,29H,9-12,18H2,1-6H3. The van der Waals surface area contributed by atoms with Crippen LogP contribution in [0.1, 0.15) is 19.5 Å². The van der Waals surface area contributed by atoms with Gasteiger partial charge in [-0.05, 0) is 44.6 Å². The Balaban J connectivity index is 1.89. The van der Waals surface area contributed by atoms with Gasteiger partial charge in [0.05, 0.1) is 31.1 Å². The maximum atomic E-state index is 9.92. The third-order valence-electron chi connectivity index (χ3n) is 4.81. The van der Waals surface area contributed by atoms with Gasteiger partial charge in [0.25, 0.3) is 0 Å². The summed E-state index contributed by atoms with van der Waals surface area (Å²) >= 11 is 0. The van der Waals surface area contributed by atoms with Crippen molar-refractivity contribution in [2.45, 2.75) is 32.7 Å². The van der Waals surface area contributed by atoms with Gasteiger partial charge in [0.15, 0.2) is 0 Å². The monoisotopic (exact) mass is 458 g/mol. The number of hydrogen-bond acceptors (Lipinski definition) is 5. The highest BCUT2D eigenvalue weighted by molar-refractivity contribution is 8.32. The van der Waals surface area contributed by atoms with Gasteiger partial charge in [0.2, 0.25) is 0 Å². The fourth-order valence-electron chi connectivity index (χ4n) is 3.12. The van der Waals surface area contributed by atoms with Crippen LogP contribution in [0, 0.1) is 11.8 Å². The molecule has 0 unspecified atom stereocenters. The van der Waals surface area contributed by atoms with Gasteiger partial charge in [0, 0.05) is 48.3 Å². The molecule has 0 bridgehead atoms. The number of aliphatic hydroxyl groups is 1. The van der Waals surface area contributed by atoms with Gasteiger partial charge in [-0.25, -0.2) is 19.7 Å². The average molecular weight is 459 g/mol. The van der Waals surface area contributed by atoms with E-state index in [-0.39, 0.29) is 0 Å². The minimum Gasteiger partial charge on any atom is -0.383 e. The van der Waals surface area contributed by atoms with Crippen molar-refractivity contribution in [2.24, 2.45) is 0 Å². The molecule has 0 saturated carbocycles. The maximum absolute atomic E-state index is 9.92. The molecule has 0 spiro atoms. The Hall–Kier alpha value is -2.31. The van der Waals surface area contributed by atoms with Crippen LogP contribution in [0.5, 0.6) is 0 Å². The fourth-order valence-corrected chi connectivity index (χ4v) is 3.74. The Morgan fingerprint density at radius 1 is 1.16 bits per heavy atom. The van der Waals surface area contributed by atoms with Crippen molar-refractivity contribution in [2.75, 3.05) is 44.8 Å². The summed E-state index contributed by atoms with van der Waals surface area (Å²) in [6.45, 7) is 5.80. The van der Waals surface area contributed by atoms with E-state index >= 15 is 0 Å². The second kappa shape index (κ2) is 10.1. The quantitative estimate of drug-likeness (QED) is 0.393. The van der Waals surface area contributed by atoms with E-state index in [0.29, 0.717) is 19.0 Å². The van der Waals surface area contributed by atoms with Crippen LogP contribution in [0.2, 0.25) is 0 Å². The van der Waals surface area contributed by atoms with Gasteiger partial charge >= 0.3 is 0 Å². The number of fused-ring (bicyclic) bond motifs is 1. The fraction of sp³-hybridized carbons (Fsp3) is 0.500. The Kier molecular flexibility index (Phi) is 7.67. The van der Waals surface area contributed by atoms with Crippen molar-refractivity contribution >= 4 is 20.9 Å². The summed E-state index contributed by atoms with van der Waals surface area (Å²) in [6.07, 6.45) is 14.7. The van der Waals surface area contributed by atoms with Crippen LogP contribution in [0.25, 0.3) is 22.0 Å². The summed E-state index contributed by atoms with van der Waals surface area (Å²) in [7, 11) is 1.13. The molecule has 0 aliphatic carbocycles. The highest BCUT2D eigenvalue weighted by Crippen LogP contribution is 2.33. The zero-order valence-electron chi connectivity index (χ0n) is 19.9. The van der Waals surface area contributed by atoms with Gasteiger partial charge in [-0.2, -0.15) is 5.10 Å². The zero-order chi connectivity index (χ0) is 23.4. The molecule has 1 N–H and O–H groups in total. The van der Waals surface area contributed by atoms with Gasteiger partial charge in [-0.15, -0.1) is 0 Å². The van der Waals surface area contributed by atoms with E-state index in [2.05, 4.69) is 51.5 Å². The van der Waals surface area contributed by atoms with Crippen molar-refractivity contribution in [1.82, 2.24) is 19.3 Å². The van der Waals surface area contributed by atoms with Crippen LogP contribution in [0.15, 0.2) is 30.9 Å². The molecule has 3 rings (SSSR count). The summed E-state index contributed by atoms with van der Waals surface area (Å²) in [6, 6.07) is 1.96. The summed E-state index contributed by atoms with van der Waals surface area (Å²) in [5.74, 6) is 6.89. The lowest BCUT2D eigenvalue weighted by atomic mass is 10.1. The van der Waals surface area contributed by atoms with E-state index in [4.69, 9.17) is 9.47 Å². The molecule has 174 valence electrons. The highest BCUT2D eigenvalue weighted by Gasteiger charge is 2.14. The third-order valence-corrected chi connectivity index (χ3v) is 6.20. The molecule has 0 atom stereocenters. The number of hydrogen-bond donors (Lipinski definition) is 1. The number of nitrogens with zero attached hydrogens (tertiary/aromatic N) is 4. The molecule has 0 radical (unpaired) electrons. The molecule has 7 nitrogen and oxygen atoms in total. The largest absolute Gasteiger partial charge is 0.383 e. The molecule has 32 heavy (non-hydrogen) atoms. The van der Waals surface area contributed by atoms with Crippen molar-refractivity contribution < 1.29 is 14.6 Å². The first kappa shape index (κ1) is 24.3. The molecular weight excluding hydrogens is 424 g/mol. The SMILES string of the molecule is COCCn1cc(-c2cnn(COCCS(C)(C)C)c2)c2cc(C#CC(C)(C)O)ncc21. The molecule has 0 amide bonds. The third kappa shape index (κ3) is 6.84. The van der Waals surface area contributed by atoms with Crippen LogP contribution in [0.4, 0.5) is 0 Å². The molecule has 3 aromatic rings. The minimum atomic E-state index is -1.07. The van der Waals surface area contributed by atoms with Crippen molar-refractivity contribution in [3.8, 4) is 23.0 Å². The van der Waals surface area contributed by atoms with Crippen LogP contribution < -0.4 is 0 Å². The second-order valence-corrected chi connectivity index (χ2v) is 13.8. The lowest BCUT2D eigenvalue weighted by Crippen LogP contribution is -2.14. The van der Waals surface area contributed by atoms with Crippen LogP contribution in [-0.2, 0) is 22.7 Å². The predicted molar refractivity (Wildman–Crippen MR) is 132 cm³/mol. The van der Waals surface area contributed by atoms with E-state index in [1.165, 1.54) is 0 Å². The van der Waals surface area contributed by atoms with Gasteiger partial charge in [-0.3, -0.25) is 0 Å². The first-order chi connectivity index (χ1) is 15.1. The summed E-state index contributed by atoms with van der Waals surface area (Å²) < 4.78 is 15.0. The van der Waals surface area contributed by atoms with Crippen molar-refractivity contribution in [3.63, 3.8) is 0 Å². The molecule has 3 heterocycles. The summed E-state index contributed by atoms with van der Waals surface area (Å²) in [4.78, 5) is 4.48. The predicted octanol–water partition coefficient (Wildman–Crippen LogP) is 3.34. The molecule has 3 aromatic heterocycles. The van der Waals surface area contributed by atoms with Crippen LogP contribution in [0.3, 0.4) is 0 Å². The number of ether oxygens (including phenoxy) is 2. The smallest absolute Gasteiger partial charge is 0.139 e. The lowest BCUT2D eigenvalue weighted by Gasteiger charge is -2.24. The minimum absolute atomic E-state index is 0.432. The number of pyridine rings is 1. The molecule has 0 fully saturated rings. The van der Waals surface area contributed by atoms with E-state index < -0.39 is 15.6 Å². The number of aromatic nitrogens is 4. The number of rotatable bonds is 9. The first-order valence-corrected chi connectivity index (χ1v) is 13.6. The molecule has 0 saturated heterocycles.